The monoisotopic (exact) mass is 331 g/mol. The lowest BCUT2D eigenvalue weighted by Gasteiger charge is -2.26. The van der Waals surface area contributed by atoms with Crippen LogP contribution in [-0.4, -0.2) is 37.0 Å². The van der Waals surface area contributed by atoms with Gasteiger partial charge in [-0.2, -0.15) is 0 Å². The second-order valence-corrected chi connectivity index (χ2v) is 7.34. The average molecular weight is 332 g/mol. The van der Waals surface area contributed by atoms with Crippen molar-refractivity contribution in [3.8, 4) is 0 Å². The minimum atomic E-state index is -3.69. The highest BCUT2D eigenvalue weighted by molar-refractivity contribution is 7.88. The standard InChI is InChI=1S/C14H18ClNO4S/c1-9(2)12(14(18)16(3)21(4,19)20)13(17)10-5-7-11(15)8-6-10/h5-8,12-13,17H,1H2,2-4H3/t12-,13-/m1/s1. The van der Waals surface area contributed by atoms with Crippen LogP contribution in [0.15, 0.2) is 36.4 Å². The first-order valence-electron chi connectivity index (χ1n) is 6.12. The SMILES string of the molecule is C=C(C)[C@@H](C(=O)N(C)S(C)(=O)=O)[C@H](O)c1ccc(Cl)cc1. The van der Waals surface area contributed by atoms with Gasteiger partial charge in [-0.3, -0.25) is 4.79 Å². The summed E-state index contributed by atoms with van der Waals surface area (Å²) in [7, 11) is -2.54. The lowest BCUT2D eigenvalue weighted by Crippen LogP contribution is -2.39. The molecule has 2 atom stereocenters. The number of hydrogen-bond donors (Lipinski definition) is 1. The normalized spacial score (nSPS) is 14.3. The summed E-state index contributed by atoms with van der Waals surface area (Å²) in [6.45, 7) is 5.24. The molecule has 0 aliphatic carbocycles. The third-order valence-electron chi connectivity index (χ3n) is 3.13. The van der Waals surface area contributed by atoms with Crippen molar-refractivity contribution < 1.29 is 18.3 Å². The molecule has 0 saturated heterocycles. The maximum Gasteiger partial charge on any atom is 0.245 e. The van der Waals surface area contributed by atoms with Crippen LogP contribution in [0.3, 0.4) is 0 Å². The van der Waals surface area contributed by atoms with Gasteiger partial charge in [0.2, 0.25) is 15.9 Å². The van der Waals surface area contributed by atoms with Crippen LogP contribution < -0.4 is 0 Å². The van der Waals surface area contributed by atoms with Crippen molar-refractivity contribution >= 4 is 27.5 Å². The lowest BCUT2D eigenvalue weighted by atomic mass is 9.90. The van der Waals surface area contributed by atoms with Crippen LogP contribution in [-0.2, 0) is 14.8 Å². The fourth-order valence-corrected chi connectivity index (χ4v) is 2.39. The topological polar surface area (TPSA) is 74.7 Å². The van der Waals surface area contributed by atoms with Crippen molar-refractivity contribution in [2.24, 2.45) is 5.92 Å². The van der Waals surface area contributed by atoms with Gasteiger partial charge in [0.05, 0.1) is 18.3 Å². The molecule has 1 aromatic rings. The lowest BCUT2D eigenvalue weighted by molar-refractivity contribution is -0.131. The Morgan fingerprint density at radius 3 is 2.19 bits per heavy atom. The predicted octanol–water partition coefficient (Wildman–Crippen LogP) is 1.98. The van der Waals surface area contributed by atoms with Crippen LogP contribution in [0.5, 0.6) is 0 Å². The maximum absolute atomic E-state index is 12.3. The third kappa shape index (κ3) is 4.30. The molecule has 0 bridgehead atoms. The fraction of sp³-hybridized carbons (Fsp3) is 0.357. The van der Waals surface area contributed by atoms with E-state index in [4.69, 9.17) is 11.6 Å². The van der Waals surface area contributed by atoms with E-state index in [1.54, 1.807) is 31.2 Å². The first kappa shape index (κ1) is 17.7. The Labute approximate surface area is 129 Å². The summed E-state index contributed by atoms with van der Waals surface area (Å²) in [4.78, 5) is 12.3. The molecule has 0 heterocycles. The van der Waals surface area contributed by atoms with Gasteiger partial charge in [-0.15, -0.1) is 0 Å². The van der Waals surface area contributed by atoms with Crippen molar-refractivity contribution in [2.45, 2.75) is 13.0 Å². The summed E-state index contributed by atoms with van der Waals surface area (Å²) in [5.74, 6) is -1.78. The Morgan fingerprint density at radius 1 is 1.33 bits per heavy atom. The van der Waals surface area contributed by atoms with E-state index in [1.165, 1.54) is 0 Å². The summed E-state index contributed by atoms with van der Waals surface area (Å²) in [5.41, 5.74) is 0.834. The quantitative estimate of drug-likeness (QED) is 0.837. The van der Waals surface area contributed by atoms with Crippen LogP contribution in [0.2, 0.25) is 5.02 Å². The number of amides is 1. The van der Waals surface area contributed by atoms with Gasteiger partial charge in [-0.05, 0) is 24.6 Å². The Bertz CT molecular complexity index is 639. The summed E-state index contributed by atoms with van der Waals surface area (Å²) in [5, 5.41) is 10.9. The van der Waals surface area contributed by atoms with Crippen LogP contribution in [0, 0.1) is 5.92 Å². The number of aliphatic hydroxyl groups is 1. The molecular formula is C14H18ClNO4S. The summed E-state index contributed by atoms with van der Waals surface area (Å²) in [6, 6.07) is 6.33. The number of sulfonamides is 1. The number of rotatable bonds is 5. The minimum absolute atomic E-state index is 0.373. The highest BCUT2D eigenvalue weighted by Crippen LogP contribution is 2.29. The van der Waals surface area contributed by atoms with Crippen molar-refractivity contribution in [1.29, 1.82) is 0 Å². The highest BCUT2D eigenvalue weighted by atomic mass is 35.5. The van der Waals surface area contributed by atoms with Crippen LogP contribution in [0.1, 0.15) is 18.6 Å². The molecule has 0 spiro atoms. The van der Waals surface area contributed by atoms with E-state index in [-0.39, 0.29) is 0 Å². The summed E-state index contributed by atoms with van der Waals surface area (Å²) < 4.78 is 23.6. The molecule has 0 radical (unpaired) electrons. The molecule has 116 valence electrons. The zero-order chi connectivity index (χ0) is 16.4. The fourth-order valence-electron chi connectivity index (χ4n) is 1.83. The van der Waals surface area contributed by atoms with Gasteiger partial charge in [0.25, 0.3) is 0 Å². The molecule has 1 amide bonds. The Morgan fingerprint density at radius 2 is 1.81 bits per heavy atom. The van der Waals surface area contributed by atoms with Crippen LogP contribution in [0.4, 0.5) is 0 Å². The highest BCUT2D eigenvalue weighted by Gasteiger charge is 2.34. The van der Waals surface area contributed by atoms with E-state index in [0.717, 1.165) is 13.3 Å². The average Bonchev–Trinajstić information content (AvgIpc) is 2.37. The second-order valence-electron chi connectivity index (χ2n) is 4.89. The molecule has 0 aromatic heterocycles. The van der Waals surface area contributed by atoms with Crippen LogP contribution in [0.25, 0.3) is 0 Å². The number of aliphatic hydroxyl groups excluding tert-OH is 1. The summed E-state index contributed by atoms with van der Waals surface area (Å²) in [6.07, 6.45) is -0.272. The molecule has 0 saturated carbocycles. The number of carbonyl (C=O) groups is 1. The Balaban J connectivity index is 3.15. The minimum Gasteiger partial charge on any atom is -0.387 e. The van der Waals surface area contributed by atoms with E-state index < -0.39 is 28.0 Å². The van der Waals surface area contributed by atoms with E-state index in [0.29, 0.717) is 20.5 Å². The zero-order valence-corrected chi connectivity index (χ0v) is 13.6. The third-order valence-corrected chi connectivity index (χ3v) is 4.56. The summed E-state index contributed by atoms with van der Waals surface area (Å²) >= 11 is 5.78. The maximum atomic E-state index is 12.3. The van der Waals surface area contributed by atoms with E-state index in [2.05, 4.69) is 6.58 Å². The molecule has 7 heteroatoms. The van der Waals surface area contributed by atoms with Crippen molar-refractivity contribution in [1.82, 2.24) is 4.31 Å². The largest absolute Gasteiger partial charge is 0.387 e. The molecule has 0 aliphatic rings. The van der Waals surface area contributed by atoms with Gasteiger partial charge in [0.15, 0.2) is 0 Å². The molecule has 0 fully saturated rings. The number of benzene rings is 1. The van der Waals surface area contributed by atoms with E-state index >= 15 is 0 Å². The molecular weight excluding hydrogens is 314 g/mol. The van der Waals surface area contributed by atoms with Crippen LogP contribution >= 0.6 is 11.6 Å². The molecule has 1 N–H and O–H groups in total. The molecule has 0 aliphatic heterocycles. The Kier molecular flexibility index (Phi) is 5.55. The van der Waals surface area contributed by atoms with Gasteiger partial charge in [-0.25, -0.2) is 12.7 Å². The molecule has 0 unspecified atom stereocenters. The number of halogens is 1. The molecule has 1 rings (SSSR count). The molecule has 5 nitrogen and oxygen atoms in total. The van der Waals surface area contributed by atoms with Gasteiger partial charge in [0.1, 0.15) is 0 Å². The number of carbonyl (C=O) groups excluding carboxylic acids is 1. The van der Waals surface area contributed by atoms with Gasteiger partial charge in [0, 0.05) is 12.1 Å². The van der Waals surface area contributed by atoms with E-state index in [1.807, 2.05) is 0 Å². The predicted molar refractivity (Wildman–Crippen MR) is 82.3 cm³/mol. The van der Waals surface area contributed by atoms with Gasteiger partial charge in [-0.1, -0.05) is 35.9 Å². The first-order valence-corrected chi connectivity index (χ1v) is 8.35. The van der Waals surface area contributed by atoms with Gasteiger partial charge < -0.3 is 5.11 Å². The van der Waals surface area contributed by atoms with E-state index in [9.17, 15) is 18.3 Å². The Hall–Kier alpha value is -1.37. The second kappa shape index (κ2) is 6.60. The number of nitrogens with zero attached hydrogens (tertiary/aromatic N) is 1. The number of hydrogen-bond acceptors (Lipinski definition) is 4. The molecule has 21 heavy (non-hydrogen) atoms. The van der Waals surface area contributed by atoms with Crippen molar-refractivity contribution in [3.05, 3.63) is 47.0 Å². The van der Waals surface area contributed by atoms with Crippen molar-refractivity contribution in [3.63, 3.8) is 0 Å². The molecule has 1 aromatic carbocycles. The smallest absolute Gasteiger partial charge is 0.245 e. The first-order chi connectivity index (χ1) is 9.55. The zero-order valence-electron chi connectivity index (χ0n) is 12.1. The van der Waals surface area contributed by atoms with Crippen molar-refractivity contribution in [2.75, 3.05) is 13.3 Å². The van der Waals surface area contributed by atoms with Gasteiger partial charge >= 0.3 is 0 Å².